The fourth-order valence-corrected chi connectivity index (χ4v) is 2.39. The fraction of sp³-hybridized carbons (Fsp3) is 0.200. The molecule has 0 amide bonds. The first-order chi connectivity index (χ1) is 6.77. The number of pyridine rings is 1. The van der Waals surface area contributed by atoms with Crippen LogP contribution in [0.1, 0.15) is 16.9 Å². The van der Waals surface area contributed by atoms with E-state index in [2.05, 4.69) is 20.9 Å². The lowest BCUT2D eigenvalue weighted by molar-refractivity contribution is 0.0994. The molecular weight excluding hydrogens is 244 g/mol. The summed E-state index contributed by atoms with van der Waals surface area (Å²) in [5.74, 6) is 0.230. The van der Waals surface area contributed by atoms with Crippen LogP contribution in [0.2, 0.25) is 0 Å². The van der Waals surface area contributed by atoms with Crippen LogP contribution in [0.5, 0.6) is 0 Å². The molecule has 3 nitrogen and oxygen atoms in total. The molecular formula is C10H7BrN2O. The number of fused-ring (bicyclic) bond motifs is 3. The molecule has 0 aromatic carbocycles. The van der Waals surface area contributed by atoms with E-state index in [1.807, 2.05) is 16.8 Å². The average molecular weight is 251 g/mol. The fourth-order valence-electron chi connectivity index (χ4n) is 1.95. The summed E-state index contributed by atoms with van der Waals surface area (Å²) in [6.07, 6.45) is 4.18. The predicted octanol–water partition coefficient (Wildman–Crippen LogP) is 2.39. The summed E-state index contributed by atoms with van der Waals surface area (Å²) >= 11 is 3.43. The number of carbonyl (C=O) groups excluding carboxylic acids is 1. The zero-order valence-corrected chi connectivity index (χ0v) is 8.91. The Bertz CT molecular complexity index is 544. The summed E-state index contributed by atoms with van der Waals surface area (Å²) in [6, 6.07) is 1.94. The Morgan fingerprint density at radius 3 is 3.14 bits per heavy atom. The molecule has 1 aliphatic heterocycles. The molecule has 3 rings (SSSR count). The third kappa shape index (κ3) is 0.917. The number of ketones is 1. The van der Waals surface area contributed by atoms with Crippen LogP contribution in [0.25, 0.3) is 10.9 Å². The third-order valence-electron chi connectivity index (χ3n) is 2.63. The van der Waals surface area contributed by atoms with Gasteiger partial charge in [-0.2, -0.15) is 0 Å². The number of hydrogen-bond donors (Lipinski definition) is 0. The van der Waals surface area contributed by atoms with Crippen LogP contribution in [0.15, 0.2) is 22.9 Å². The molecule has 3 heterocycles. The third-order valence-corrected chi connectivity index (χ3v) is 3.26. The zero-order chi connectivity index (χ0) is 9.71. The smallest absolute Gasteiger partial charge is 0.181 e. The van der Waals surface area contributed by atoms with Crippen LogP contribution in [0, 0.1) is 0 Å². The summed E-state index contributed by atoms with van der Waals surface area (Å²) in [6.45, 7) is 0.788. The van der Waals surface area contributed by atoms with Gasteiger partial charge in [0.05, 0.1) is 17.4 Å². The molecule has 14 heavy (non-hydrogen) atoms. The van der Waals surface area contributed by atoms with E-state index >= 15 is 0 Å². The van der Waals surface area contributed by atoms with Crippen molar-refractivity contribution in [2.24, 2.45) is 0 Å². The van der Waals surface area contributed by atoms with Gasteiger partial charge in [-0.1, -0.05) is 0 Å². The number of hydrogen-bond acceptors (Lipinski definition) is 2. The second-order valence-electron chi connectivity index (χ2n) is 3.41. The van der Waals surface area contributed by atoms with Crippen molar-refractivity contribution in [1.82, 2.24) is 9.55 Å². The molecule has 0 saturated carbocycles. The number of halogens is 1. The van der Waals surface area contributed by atoms with Crippen LogP contribution in [-0.2, 0) is 6.54 Å². The molecule has 2 aromatic rings. The van der Waals surface area contributed by atoms with E-state index in [9.17, 15) is 4.79 Å². The first-order valence-corrected chi connectivity index (χ1v) is 5.22. The summed E-state index contributed by atoms with van der Waals surface area (Å²) < 4.78 is 2.99. The number of Topliss-reactive ketones (excluding diaryl/α,β-unsaturated/α-hetero) is 1. The van der Waals surface area contributed by atoms with E-state index in [-0.39, 0.29) is 5.78 Å². The number of nitrogens with zero attached hydrogens (tertiary/aromatic N) is 2. The van der Waals surface area contributed by atoms with Crippen molar-refractivity contribution in [3.63, 3.8) is 0 Å². The van der Waals surface area contributed by atoms with E-state index in [1.54, 1.807) is 6.20 Å². The molecule has 0 unspecified atom stereocenters. The van der Waals surface area contributed by atoms with Crippen LogP contribution in [0.4, 0.5) is 0 Å². The Labute approximate surface area is 88.9 Å². The quantitative estimate of drug-likeness (QED) is 0.720. The first kappa shape index (κ1) is 8.17. The van der Waals surface area contributed by atoms with Gasteiger partial charge in [0.2, 0.25) is 0 Å². The standard InChI is InChI=1S/C10H7BrN2O/c11-7-4-12-5-9-6(7)3-8-10(14)1-2-13(8)9/h3-5H,1-2H2. The van der Waals surface area contributed by atoms with E-state index < -0.39 is 0 Å². The second kappa shape index (κ2) is 2.67. The van der Waals surface area contributed by atoms with Gasteiger partial charge in [0.15, 0.2) is 5.78 Å². The van der Waals surface area contributed by atoms with Crippen LogP contribution >= 0.6 is 15.9 Å². The maximum atomic E-state index is 11.5. The Kier molecular flexibility index (Phi) is 1.56. The van der Waals surface area contributed by atoms with Gasteiger partial charge in [0.1, 0.15) is 0 Å². The summed E-state index contributed by atoms with van der Waals surface area (Å²) in [7, 11) is 0. The number of rotatable bonds is 0. The number of carbonyl (C=O) groups is 1. The topological polar surface area (TPSA) is 34.9 Å². The summed E-state index contributed by atoms with van der Waals surface area (Å²) in [5.41, 5.74) is 1.86. The molecule has 0 atom stereocenters. The second-order valence-corrected chi connectivity index (χ2v) is 4.26. The lowest BCUT2D eigenvalue weighted by atomic mass is 10.2. The van der Waals surface area contributed by atoms with Crippen LogP contribution in [-0.4, -0.2) is 15.3 Å². The maximum Gasteiger partial charge on any atom is 0.181 e. The minimum Gasteiger partial charge on any atom is -0.336 e. The Morgan fingerprint density at radius 1 is 1.43 bits per heavy atom. The van der Waals surface area contributed by atoms with Gasteiger partial charge in [-0.25, -0.2) is 0 Å². The molecule has 0 aliphatic carbocycles. The average Bonchev–Trinajstić information content (AvgIpc) is 2.69. The van der Waals surface area contributed by atoms with Crippen LogP contribution in [0.3, 0.4) is 0 Å². The summed E-state index contributed by atoms with van der Waals surface area (Å²) in [4.78, 5) is 15.6. The molecule has 0 spiro atoms. The van der Waals surface area contributed by atoms with Crippen molar-refractivity contribution >= 4 is 32.6 Å². The van der Waals surface area contributed by atoms with Gasteiger partial charge in [0, 0.05) is 29.0 Å². The Morgan fingerprint density at radius 2 is 2.29 bits per heavy atom. The van der Waals surface area contributed by atoms with Gasteiger partial charge in [-0.3, -0.25) is 9.78 Å². The number of aromatic nitrogens is 2. The molecule has 2 aromatic heterocycles. The van der Waals surface area contributed by atoms with E-state index in [1.165, 1.54) is 0 Å². The minimum atomic E-state index is 0.230. The Hall–Kier alpha value is -1.16. The lowest BCUT2D eigenvalue weighted by Crippen LogP contribution is -1.92. The number of aryl methyl sites for hydroxylation is 1. The van der Waals surface area contributed by atoms with Crippen molar-refractivity contribution in [2.75, 3.05) is 0 Å². The highest BCUT2D eigenvalue weighted by molar-refractivity contribution is 9.10. The molecule has 0 fully saturated rings. The van der Waals surface area contributed by atoms with Crippen molar-refractivity contribution in [3.05, 3.63) is 28.6 Å². The Balaban J connectivity index is 2.45. The van der Waals surface area contributed by atoms with E-state index in [4.69, 9.17) is 0 Å². The monoisotopic (exact) mass is 250 g/mol. The highest BCUT2D eigenvalue weighted by atomic mass is 79.9. The lowest BCUT2D eigenvalue weighted by Gasteiger charge is -1.98. The van der Waals surface area contributed by atoms with Crippen molar-refractivity contribution < 1.29 is 4.79 Å². The predicted molar refractivity (Wildman–Crippen MR) is 56.4 cm³/mol. The highest BCUT2D eigenvalue weighted by Crippen LogP contribution is 2.29. The van der Waals surface area contributed by atoms with Crippen molar-refractivity contribution in [3.8, 4) is 0 Å². The molecule has 0 N–H and O–H groups in total. The molecule has 0 saturated heterocycles. The van der Waals surface area contributed by atoms with Gasteiger partial charge in [-0.05, 0) is 22.0 Å². The SMILES string of the molecule is O=C1CCn2c1cc1c(Br)cncc12. The summed E-state index contributed by atoms with van der Waals surface area (Å²) in [5, 5.41) is 1.07. The van der Waals surface area contributed by atoms with Crippen molar-refractivity contribution in [2.45, 2.75) is 13.0 Å². The van der Waals surface area contributed by atoms with Crippen molar-refractivity contribution in [1.29, 1.82) is 0 Å². The van der Waals surface area contributed by atoms with E-state index in [0.29, 0.717) is 6.42 Å². The molecule has 70 valence electrons. The first-order valence-electron chi connectivity index (χ1n) is 4.43. The zero-order valence-electron chi connectivity index (χ0n) is 7.33. The van der Waals surface area contributed by atoms with Crippen LogP contribution < -0.4 is 0 Å². The van der Waals surface area contributed by atoms with Gasteiger partial charge in [0.25, 0.3) is 0 Å². The van der Waals surface area contributed by atoms with Gasteiger partial charge >= 0.3 is 0 Å². The molecule has 4 heteroatoms. The highest BCUT2D eigenvalue weighted by Gasteiger charge is 2.22. The largest absolute Gasteiger partial charge is 0.336 e. The van der Waals surface area contributed by atoms with E-state index in [0.717, 1.165) is 27.6 Å². The van der Waals surface area contributed by atoms with Gasteiger partial charge < -0.3 is 4.57 Å². The molecule has 1 aliphatic rings. The normalized spacial score (nSPS) is 15.1. The molecule has 0 bridgehead atoms. The van der Waals surface area contributed by atoms with Gasteiger partial charge in [-0.15, -0.1) is 0 Å². The minimum absolute atomic E-state index is 0.230. The molecule has 0 radical (unpaired) electrons. The maximum absolute atomic E-state index is 11.5.